The van der Waals surface area contributed by atoms with Crippen LogP contribution in [-0.2, 0) is 38.1 Å². The Labute approximate surface area is 161 Å². The Hall–Kier alpha value is -3.30. The Bertz CT molecular complexity index is 667. The largest absolute Gasteiger partial charge is 0.482 e. The van der Waals surface area contributed by atoms with E-state index in [0.717, 1.165) is 0 Å². The van der Waals surface area contributed by atoms with Gasteiger partial charge in [0.05, 0.1) is 20.6 Å². The summed E-state index contributed by atoms with van der Waals surface area (Å²) in [5.41, 5.74) is 0. The zero-order chi connectivity index (χ0) is 20.9. The minimum absolute atomic E-state index is 0.0326. The third-order valence-corrected chi connectivity index (χ3v) is 3.18. The lowest BCUT2D eigenvalue weighted by atomic mass is 10.3. The van der Waals surface area contributed by atoms with Gasteiger partial charge in [-0.3, -0.25) is 4.79 Å². The topological polar surface area (TPSA) is 124 Å². The van der Waals surface area contributed by atoms with Gasteiger partial charge in [-0.05, 0) is 31.2 Å². The minimum Gasteiger partial charge on any atom is -0.482 e. The number of methoxy groups -OCH3 is 2. The molecule has 0 amide bonds. The van der Waals surface area contributed by atoms with Crippen molar-refractivity contribution >= 4 is 23.9 Å². The third kappa shape index (κ3) is 8.88. The van der Waals surface area contributed by atoms with E-state index in [9.17, 15) is 19.2 Å². The predicted molar refractivity (Wildman–Crippen MR) is 92.6 cm³/mol. The van der Waals surface area contributed by atoms with Crippen molar-refractivity contribution in [2.45, 2.75) is 19.4 Å². The van der Waals surface area contributed by atoms with Gasteiger partial charge in [-0.25, -0.2) is 14.4 Å². The van der Waals surface area contributed by atoms with Crippen LogP contribution in [0.5, 0.6) is 11.5 Å². The standard InChI is InChI=1S/C18H22O10/c1-12(18(22)24-3)28-17(21)11-27-14-6-4-13(5-7-14)26-10-16(20)25-9-8-15(19)23-2/h4-7,12H,8-11H2,1-3H3. The number of hydrogen-bond acceptors (Lipinski definition) is 10. The summed E-state index contributed by atoms with van der Waals surface area (Å²) in [7, 11) is 2.43. The Morgan fingerprint density at radius 1 is 0.821 bits per heavy atom. The van der Waals surface area contributed by atoms with Gasteiger partial charge >= 0.3 is 23.9 Å². The molecule has 0 spiro atoms. The molecule has 0 aromatic heterocycles. The molecule has 0 saturated carbocycles. The van der Waals surface area contributed by atoms with E-state index in [0.29, 0.717) is 11.5 Å². The molecule has 10 nitrogen and oxygen atoms in total. The lowest BCUT2D eigenvalue weighted by Gasteiger charge is -2.12. The second kappa shape index (κ2) is 12.2. The molecule has 1 atom stereocenters. The fourth-order valence-corrected chi connectivity index (χ4v) is 1.75. The zero-order valence-electron chi connectivity index (χ0n) is 15.8. The van der Waals surface area contributed by atoms with Crippen molar-refractivity contribution < 1.29 is 47.6 Å². The SMILES string of the molecule is COC(=O)CCOC(=O)COc1ccc(OCC(=O)OC(C)C(=O)OC)cc1. The van der Waals surface area contributed by atoms with Crippen molar-refractivity contribution in [1.29, 1.82) is 0 Å². The molecule has 0 fully saturated rings. The number of rotatable bonds is 11. The van der Waals surface area contributed by atoms with Gasteiger partial charge in [-0.15, -0.1) is 0 Å². The number of hydrogen-bond donors (Lipinski definition) is 0. The molecular weight excluding hydrogens is 376 g/mol. The number of ether oxygens (including phenoxy) is 6. The molecule has 0 heterocycles. The molecule has 0 radical (unpaired) electrons. The smallest absolute Gasteiger partial charge is 0.346 e. The van der Waals surface area contributed by atoms with Crippen LogP contribution in [-0.4, -0.2) is 64.0 Å². The minimum atomic E-state index is -1.02. The average Bonchev–Trinajstić information content (AvgIpc) is 2.70. The Kier molecular flexibility index (Phi) is 9.87. The highest BCUT2D eigenvalue weighted by atomic mass is 16.6. The first-order chi connectivity index (χ1) is 13.3. The van der Waals surface area contributed by atoms with Crippen LogP contribution in [0.3, 0.4) is 0 Å². The van der Waals surface area contributed by atoms with E-state index < -0.39 is 36.6 Å². The number of carbonyl (C=O) groups excluding carboxylic acids is 4. The summed E-state index contributed by atoms with van der Waals surface area (Å²) >= 11 is 0. The van der Waals surface area contributed by atoms with Crippen LogP contribution in [0.15, 0.2) is 24.3 Å². The molecule has 1 rings (SSSR count). The first-order valence-electron chi connectivity index (χ1n) is 8.21. The Balaban J connectivity index is 2.31. The predicted octanol–water partition coefficient (Wildman–Crippen LogP) is 0.655. The normalized spacial score (nSPS) is 11.0. The molecule has 0 aliphatic rings. The second-order valence-corrected chi connectivity index (χ2v) is 5.25. The summed E-state index contributed by atoms with van der Waals surface area (Å²) in [6, 6.07) is 6.10. The van der Waals surface area contributed by atoms with Crippen molar-refractivity contribution in [2.24, 2.45) is 0 Å². The van der Waals surface area contributed by atoms with E-state index in [1.165, 1.54) is 45.4 Å². The molecule has 0 aliphatic heterocycles. The summed E-state index contributed by atoms with van der Waals surface area (Å²) in [5.74, 6) is -1.78. The van der Waals surface area contributed by atoms with Crippen molar-refractivity contribution in [2.75, 3.05) is 34.0 Å². The third-order valence-electron chi connectivity index (χ3n) is 3.18. The van der Waals surface area contributed by atoms with Gasteiger partial charge in [0.2, 0.25) is 0 Å². The van der Waals surface area contributed by atoms with Gasteiger partial charge in [-0.1, -0.05) is 0 Å². The highest BCUT2D eigenvalue weighted by molar-refractivity contribution is 5.79. The Morgan fingerprint density at radius 2 is 1.36 bits per heavy atom. The quantitative estimate of drug-likeness (QED) is 0.388. The van der Waals surface area contributed by atoms with E-state index >= 15 is 0 Å². The molecule has 10 heteroatoms. The lowest BCUT2D eigenvalue weighted by molar-refractivity contribution is -0.165. The summed E-state index contributed by atoms with van der Waals surface area (Å²) < 4.78 is 29.0. The highest BCUT2D eigenvalue weighted by Gasteiger charge is 2.18. The fourth-order valence-electron chi connectivity index (χ4n) is 1.75. The molecule has 1 aromatic carbocycles. The second-order valence-electron chi connectivity index (χ2n) is 5.25. The highest BCUT2D eigenvalue weighted by Crippen LogP contribution is 2.17. The van der Waals surface area contributed by atoms with Crippen molar-refractivity contribution in [3.63, 3.8) is 0 Å². The van der Waals surface area contributed by atoms with Crippen LogP contribution in [0.25, 0.3) is 0 Å². The fraction of sp³-hybridized carbons (Fsp3) is 0.444. The van der Waals surface area contributed by atoms with Gasteiger partial charge in [0, 0.05) is 0 Å². The summed E-state index contributed by atoms with van der Waals surface area (Å²) in [6.07, 6.45) is -1.06. The van der Waals surface area contributed by atoms with Crippen molar-refractivity contribution in [3.05, 3.63) is 24.3 Å². The Morgan fingerprint density at radius 3 is 1.86 bits per heavy atom. The van der Waals surface area contributed by atoms with E-state index in [1.807, 2.05) is 0 Å². The molecule has 154 valence electrons. The van der Waals surface area contributed by atoms with E-state index in [-0.39, 0.29) is 19.6 Å². The van der Waals surface area contributed by atoms with E-state index in [4.69, 9.17) is 18.9 Å². The molecular formula is C18H22O10. The monoisotopic (exact) mass is 398 g/mol. The summed E-state index contributed by atoms with van der Waals surface area (Å²) in [4.78, 5) is 45.1. The van der Waals surface area contributed by atoms with Crippen LogP contribution in [0, 0.1) is 0 Å². The molecule has 0 bridgehead atoms. The van der Waals surface area contributed by atoms with Gasteiger partial charge in [0.1, 0.15) is 18.1 Å². The van der Waals surface area contributed by atoms with E-state index in [2.05, 4.69) is 9.47 Å². The van der Waals surface area contributed by atoms with Crippen LogP contribution < -0.4 is 9.47 Å². The molecule has 0 aliphatic carbocycles. The molecule has 0 N–H and O–H groups in total. The average molecular weight is 398 g/mol. The van der Waals surface area contributed by atoms with Crippen LogP contribution in [0.2, 0.25) is 0 Å². The maximum absolute atomic E-state index is 11.6. The van der Waals surface area contributed by atoms with Crippen LogP contribution in [0.4, 0.5) is 0 Å². The van der Waals surface area contributed by atoms with E-state index in [1.54, 1.807) is 0 Å². The summed E-state index contributed by atoms with van der Waals surface area (Å²) in [6.45, 7) is 0.565. The number of esters is 4. The molecule has 0 saturated heterocycles. The lowest BCUT2D eigenvalue weighted by Crippen LogP contribution is -2.27. The number of benzene rings is 1. The summed E-state index contributed by atoms with van der Waals surface area (Å²) in [5, 5.41) is 0. The van der Waals surface area contributed by atoms with Gasteiger partial charge in [-0.2, -0.15) is 0 Å². The maximum atomic E-state index is 11.6. The molecule has 1 aromatic rings. The maximum Gasteiger partial charge on any atom is 0.346 e. The zero-order valence-corrected chi connectivity index (χ0v) is 15.8. The molecule has 1 unspecified atom stereocenters. The van der Waals surface area contributed by atoms with Crippen LogP contribution >= 0.6 is 0 Å². The van der Waals surface area contributed by atoms with Gasteiger partial charge in [0.15, 0.2) is 19.3 Å². The molecule has 28 heavy (non-hydrogen) atoms. The van der Waals surface area contributed by atoms with Gasteiger partial charge < -0.3 is 28.4 Å². The first-order valence-corrected chi connectivity index (χ1v) is 8.21. The van der Waals surface area contributed by atoms with Crippen molar-refractivity contribution in [3.8, 4) is 11.5 Å². The van der Waals surface area contributed by atoms with Crippen molar-refractivity contribution in [1.82, 2.24) is 0 Å². The van der Waals surface area contributed by atoms with Crippen LogP contribution in [0.1, 0.15) is 13.3 Å². The first kappa shape index (κ1) is 22.7. The number of carbonyl (C=O) groups is 4. The van der Waals surface area contributed by atoms with Gasteiger partial charge in [0.25, 0.3) is 0 Å².